The first-order valence-electron chi connectivity index (χ1n) is 5.90. The number of halogens is 1. The van der Waals surface area contributed by atoms with E-state index in [1.165, 1.54) is 0 Å². The molecule has 0 atom stereocenters. The minimum Gasteiger partial charge on any atom is -0.351 e. The molecule has 0 radical (unpaired) electrons. The number of rotatable bonds is 5. The average Bonchev–Trinajstić information content (AvgIpc) is 2.84. The fraction of sp³-hybridized carbons (Fsp3) is 0.273. The van der Waals surface area contributed by atoms with Crippen molar-refractivity contribution in [3.8, 4) is 0 Å². The number of hydrogen-bond donors (Lipinski definition) is 1. The molecule has 0 bridgehead atoms. The quantitative estimate of drug-likeness (QED) is 0.495. The van der Waals surface area contributed by atoms with Crippen molar-refractivity contribution in [1.82, 2.24) is 25.1 Å². The second-order valence-corrected chi connectivity index (χ2v) is 4.51. The molecule has 0 fully saturated rings. The van der Waals surface area contributed by atoms with E-state index in [4.69, 9.17) is 11.6 Å². The molecule has 0 aliphatic carbocycles. The highest BCUT2D eigenvalue weighted by molar-refractivity contribution is 6.29. The Bertz CT molecular complexity index is 686. The first kappa shape index (κ1) is 14.9. The number of amides is 1. The summed E-state index contributed by atoms with van der Waals surface area (Å²) in [6.07, 6.45) is 2.92. The van der Waals surface area contributed by atoms with Gasteiger partial charge in [-0.2, -0.15) is 5.10 Å². The Morgan fingerprint density at radius 1 is 1.52 bits per heavy atom. The van der Waals surface area contributed by atoms with Gasteiger partial charge in [-0.15, -0.1) is 0 Å². The standard InChI is InChI=1S/C11H11ClN6O3/c1-17-6-15-10(16-17)2-3-13-11(19)7-4-9(12)14-5-8(7)18(20)21/h4-6H,2-3H2,1H3,(H,13,19). The van der Waals surface area contributed by atoms with E-state index in [0.29, 0.717) is 12.2 Å². The summed E-state index contributed by atoms with van der Waals surface area (Å²) in [6, 6.07) is 1.16. The lowest BCUT2D eigenvalue weighted by molar-refractivity contribution is -0.385. The van der Waals surface area contributed by atoms with Crippen molar-refractivity contribution in [2.75, 3.05) is 6.54 Å². The molecule has 0 aromatic carbocycles. The first-order valence-corrected chi connectivity index (χ1v) is 6.28. The first-order chi connectivity index (χ1) is 9.97. The van der Waals surface area contributed by atoms with Gasteiger partial charge in [-0.25, -0.2) is 9.97 Å². The molecular formula is C11H11ClN6O3. The fourth-order valence-electron chi connectivity index (χ4n) is 1.63. The maximum absolute atomic E-state index is 12.0. The van der Waals surface area contributed by atoms with Crippen LogP contribution in [0, 0.1) is 10.1 Å². The summed E-state index contributed by atoms with van der Waals surface area (Å²) in [5.74, 6) is -0.0259. The predicted octanol–water partition coefficient (Wildman–Crippen LogP) is 0.744. The van der Waals surface area contributed by atoms with Gasteiger partial charge in [0.25, 0.3) is 11.6 Å². The van der Waals surface area contributed by atoms with Gasteiger partial charge in [0.05, 0.1) is 4.92 Å². The van der Waals surface area contributed by atoms with Crippen molar-refractivity contribution >= 4 is 23.2 Å². The van der Waals surface area contributed by atoms with Crippen LogP contribution in [-0.4, -0.2) is 37.1 Å². The number of nitrogens with zero attached hydrogens (tertiary/aromatic N) is 5. The molecule has 0 aliphatic rings. The molecule has 0 saturated heterocycles. The number of nitrogens with one attached hydrogen (secondary N) is 1. The summed E-state index contributed by atoms with van der Waals surface area (Å²) in [5, 5.41) is 17.5. The van der Waals surface area contributed by atoms with E-state index in [2.05, 4.69) is 20.4 Å². The molecule has 2 aromatic rings. The van der Waals surface area contributed by atoms with Crippen LogP contribution in [0.3, 0.4) is 0 Å². The summed E-state index contributed by atoms with van der Waals surface area (Å²) in [6.45, 7) is 0.250. The van der Waals surface area contributed by atoms with Gasteiger partial charge in [-0.05, 0) is 6.07 Å². The Kier molecular flexibility index (Phi) is 4.43. The Hall–Kier alpha value is -2.55. The van der Waals surface area contributed by atoms with Crippen LogP contribution in [0.2, 0.25) is 5.15 Å². The second kappa shape index (κ2) is 6.27. The summed E-state index contributed by atoms with van der Waals surface area (Å²) >= 11 is 5.66. The van der Waals surface area contributed by atoms with Gasteiger partial charge in [-0.3, -0.25) is 19.6 Å². The van der Waals surface area contributed by atoms with Crippen LogP contribution in [0.15, 0.2) is 18.6 Å². The largest absolute Gasteiger partial charge is 0.351 e. The van der Waals surface area contributed by atoms with Gasteiger partial charge in [-0.1, -0.05) is 11.6 Å². The van der Waals surface area contributed by atoms with E-state index in [9.17, 15) is 14.9 Å². The number of aryl methyl sites for hydroxylation is 1. The van der Waals surface area contributed by atoms with E-state index in [1.807, 2.05) is 0 Å². The molecule has 110 valence electrons. The highest BCUT2D eigenvalue weighted by Gasteiger charge is 2.21. The van der Waals surface area contributed by atoms with Crippen molar-refractivity contribution in [1.29, 1.82) is 0 Å². The molecule has 0 saturated carbocycles. The lowest BCUT2D eigenvalue weighted by Gasteiger charge is -2.04. The molecule has 0 unspecified atom stereocenters. The van der Waals surface area contributed by atoms with Gasteiger partial charge in [0.2, 0.25) is 0 Å². The van der Waals surface area contributed by atoms with Gasteiger partial charge >= 0.3 is 0 Å². The highest BCUT2D eigenvalue weighted by atomic mass is 35.5. The van der Waals surface area contributed by atoms with Crippen molar-refractivity contribution in [3.63, 3.8) is 0 Å². The molecular weight excluding hydrogens is 300 g/mol. The minimum atomic E-state index is -0.682. The maximum atomic E-state index is 12.0. The minimum absolute atomic E-state index is 0.0112. The Balaban J connectivity index is 2.03. The molecule has 1 N–H and O–H groups in total. The SMILES string of the molecule is Cn1cnc(CCNC(=O)c2cc(Cl)ncc2[N+](=O)[O-])n1. The van der Waals surface area contributed by atoms with Crippen molar-refractivity contribution in [2.45, 2.75) is 6.42 Å². The summed E-state index contributed by atoms with van der Waals surface area (Å²) in [5.41, 5.74) is -0.526. The third-order valence-corrected chi connectivity index (χ3v) is 2.78. The van der Waals surface area contributed by atoms with Crippen LogP contribution in [-0.2, 0) is 13.5 Å². The number of aromatic nitrogens is 4. The molecule has 0 aliphatic heterocycles. The molecule has 2 aromatic heterocycles. The van der Waals surface area contributed by atoms with E-state index in [1.54, 1.807) is 18.1 Å². The van der Waals surface area contributed by atoms with E-state index in [0.717, 1.165) is 12.3 Å². The summed E-state index contributed by atoms with van der Waals surface area (Å²) in [4.78, 5) is 29.7. The number of hydrogen-bond acceptors (Lipinski definition) is 6. The van der Waals surface area contributed by atoms with Crippen LogP contribution in [0.4, 0.5) is 5.69 Å². The number of carbonyl (C=O) groups is 1. The lowest BCUT2D eigenvalue weighted by Crippen LogP contribution is -2.26. The fourth-order valence-corrected chi connectivity index (χ4v) is 1.79. The number of pyridine rings is 1. The maximum Gasteiger partial charge on any atom is 0.300 e. The second-order valence-electron chi connectivity index (χ2n) is 4.12. The van der Waals surface area contributed by atoms with Crippen molar-refractivity contribution in [2.24, 2.45) is 7.05 Å². The Morgan fingerprint density at radius 3 is 2.90 bits per heavy atom. The highest BCUT2D eigenvalue weighted by Crippen LogP contribution is 2.20. The van der Waals surface area contributed by atoms with E-state index in [-0.39, 0.29) is 17.3 Å². The van der Waals surface area contributed by atoms with Gasteiger partial charge in [0, 0.05) is 20.0 Å². The zero-order chi connectivity index (χ0) is 15.4. The Morgan fingerprint density at radius 2 is 2.29 bits per heavy atom. The van der Waals surface area contributed by atoms with Gasteiger partial charge < -0.3 is 5.32 Å². The van der Waals surface area contributed by atoms with Crippen molar-refractivity contribution in [3.05, 3.63) is 45.2 Å². The van der Waals surface area contributed by atoms with Gasteiger partial charge in [0.15, 0.2) is 5.82 Å². The predicted molar refractivity (Wildman–Crippen MR) is 72.9 cm³/mol. The normalized spacial score (nSPS) is 10.4. The van der Waals surface area contributed by atoms with Crippen LogP contribution in [0.5, 0.6) is 0 Å². The molecule has 1 amide bonds. The summed E-state index contributed by atoms with van der Waals surface area (Å²) in [7, 11) is 1.73. The van der Waals surface area contributed by atoms with Crippen LogP contribution in [0.1, 0.15) is 16.2 Å². The molecule has 10 heteroatoms. The van der Waals surface area contributed by atoms with Crippen LogP contribution in [0.25, 0.3) is 0 Å². The van der Waals surface area contributed by atoms with Gasteiger partial charge in [0.1, 0.15) is 23.2 Å². The van der Waals surface area contributed by atoms with Crippen LogP contribution >= 0.6 is 11.6 Å². The Labute approximate surface area is 124 Å². The van der Waals surface area contributed by atoms with E-state index >= 15 is 0 Å². The third kappa shape index (κ3) is 3.72. The zero-order valence-corrected chi connectivity index (χ0v) is 11.7. The lowest BCUT2D eigenvalue weighted by atomic mass is 10.2. The number of nitro groups is 1. The zero-order valence-electron chi connectivity index (χ0n) is 11.0. The topological polar surface area (TPSA) is 116 Å². The van der Waals surface area contributed by atoms with Crippen molar-refractivity contribution < 1.29 is 9.72 Å². The molecule has 2 rings (SSSR count). The summed E-state index contributed by atoms with van der Waals surface area (Å²) < 4.78 is 1.55. The number of carbonyl (C=O) groups excluding carboxylic acids is 1. The molecule has 0 spiro atoms. The van der Waals surface area contributed by atoms with Crippen LogP contribution < -0.4 is 5.32 Å². The average molecular weight is 311 g/mol. The third-order valence-electron chi connectivity index (χ3n) is 2.57. The molecule has 2 heterocycles. The smallest absolute Gasteiger partial charge is 0.300 e. The molecule has 9 nitrogen and oxygen atoms in total. The molecule has 21 heavy (non-hydrogen) atoms. The monoisotopic (exact) mass is 310 g/mol. The van der Waals surface area contributed by atoms with E-state index < -0.39 is 16.5 Å².